The van der Waals surface area contributed by atoms with E-state index in [4.69, 9.17) is 9.47 Å². The van der Waals surface area contributed by atoms with Crippen LogP contribution in [0.1, 0.15) is 36.5 Å². The highest BCUT2D eigenvalue weighted by molar-refractivity contribution is 5.29. The van der Waals surface area contributed by atoms with Gasteiger partial charge in [0.1, 0.15) is 11.5 Å². The largest absolute Gasteiger partial charge is 0.387 e. The average Bonchev–Trinajstić information content (AvgIpc) is 3.09. The molecule has 2 heterocycles. The summed E-state index contributed by atoms with van der Waals surface area (Å²) in [5.74, 6) is 0. The third kappa shape index (κ3) is 2.03. The van der Waals surface area contributed by atoms with Crippen LogP contribution in [-0.4, -0.2) is 24.4 Å². The van der Waals surface area contributed by atoms with E-state index in [0.717, 1.165) is 24.0 Å². The minimum Gasteiger partial charge on any atom is -0.387 e. The molecule has 4 heteroatoms. The number of fused-ring (bicyclic) bond motifs is 2. The molecule has 0 saturated carbocycles. The quantitative estimate of drug-likeness (QED) is 0.914. The van der Waals surface area contributed by atoms with Crippen LogP contribution in [-0.2, 0) is 16.1 Å². The van der Waals surface area contributed by atoms with Crippen molar-refractivity contribution in [3.8, 4) is 6.07 Å². The molecule has 106 valence electrons. The predicted octanol–water partition coefficient (Wildman–Crippen LogP) is 2.33. The van der Waals surface area contributed by atoms with Crippen molar-refractivity contribution in [1.29, 1.82) is 5.26 Å². The van der Waals surface area contributed by atoms with Gasteiger partial charge >= 0.3 is 0 Å². The number of methoxy groups -OCH3 is 1. The Morgan fingerprint density at radius 3 is 2.70 bits per heavy atom. The first-order valence-corrected chi connectivity index (χ1v) is 7.02. The van der Waals surface area contributed by atoms with Gasteiger partial charge in [-0.25, -0.2) is 0 Å². The van der Waals surface area contributed by atoms with Gasteiger partial charge in [-0.05, 0) is 30.4 Å². The summed E-state index contributed by atoms with van der Waals surface area (Å²) in [5.41, 5.74) is 1.05. The molecular weight excluding hydrogens is 254 g/mol. The molecule has 0 spiro atoms. The molecular formula is C16H19NO3. The molecule has 2 aliphatic heterocycles. The van der Waals surface area contributed by atoms with Crippen molar-refractivity contribution in [1.82, 2.24) is 0 Å². The van der Waals surface area contributed by atoms with Crippen LogP contribution in [0.4, 0.5) is 0 Å². The van der Waals surface area contributed by atoms with Crippen LogP contribution in [0, 0.1) is 16.7 Å². The van der Waals surface area contributed by atoms with Crippen molar-refractivity contribution in [3.05, 3.63) is 35.4 Å². The maximum absolute atomic E-state index is 10.7. The van der Waals surface area contributed by atoms with Gasteiger partial charge in [0.25, 0.3) is 0 Å². The van der Waals surface area contributed by atoms with Crippen LogP contribution in [0.3, 0.4) is 0 Å². The van der Waals surface area contributed by atoms with E-state index in [9.17, 15) is 10.4 Å². The summed E-state index contributed by atoms with van der Waals surface area (Å²) in [6.45, 7) is 0.549. The lowest BCUT2D eigenvalue weighted by atomic mass is 9.69. The zero-order valence-electron chi connectivity index (χ0n) is 11.6. The average molecular weight is 273 g/mol. The number of hydrogen-bond acceptors (Lipinski definition) is 4. The summed E-state index contributed by atoms with van der Waals surface area (Å²) in [4.78, 5) is 0. The van der Waals surface area contributed by atoms with E-state index in [1.54, 1.807) is 7.11 Å². The van der Waals surface area contributed by atoms with Crippen molar-refractivity contribution in [3.63, 3.8) is 0 Å². The van der Waals surface area contributed by atoms with Crippen LogP contribution in [0.5, 0.6) is 0 Å². The Kier molecular flexibility index (Phi) is 3.51. The first-order valence-electron chi connectivity index (χ1n) is 7.02. The third-order valence-electron chi connectivity index (χ3n) is 4.55. The third-order valence-corrected chi connectivity index (χ3v) is 4.55. The van der Waals surface area contributed by atoms with Crippen molar-refractivity contribution >= 4 is 0 Å². The van der Waals surface area contributed by atoms with Gasteiger partial charge in [0.15, 0.2) is 0 Å². The number of hydrogen-bond donors (Lipinski definition) is 1. The summed E-state index contributed by atoms with van der Waals surface area (Å²) in [6, 6.07) is 9.97. The molecule has 2 aliphatic rings. The number of benzene rings is 1. The standard InChI is InChI=1S/C16H19NO3/c1-19-9-11-2-4-12(5-3-11)15(18)16(10-17)8-13-6-7-14(16)20-13/h2-5,13-15,18H,6-9H2,1H3. The molecule has 1 aromatic rings. The molecule has 2 bridgehead atoms. The monoisotopic (exact) mass is 273 g/mol. The van der Waals surface area contributed by atoms with Gasteiger partial charge in [0, 0.05) is 7.11 Å². The highest BCUT2D eigenvalue weighted by Gasteiger charge is 2.57. The molecule has 4 atom stereocenters. The fourth-order valence-electron chi connectivity index (χ4n) is 3.47. The summed E-state index contributed by atoms with van der Waals surface area (Å²) in [7, 11) is 1.65. The first kappa shape index (κ1) is 13.6. The van der Waals surface area contributed by atoms with Gasteiger partial charge in [0.2, 0.25) is 0 Å². The van der Waals surface area contributed by atoms with E-state index in [0.29, 0.717) is 13.0 Å². The Bertz CT molecular complexity index is 522. The zero-order valence-corrected chi connectivity index (χ0v) is 11.6. The van der Waals surface area contributed by atoms with E-state index in [1.807, 2.05) is 24.3 Å². The Labute approximate surface area is 118 Å². The van der Waals surface area contributed by atoms with E-state index >= 15 is 0 Å². The van der Waals surface area contributed by atoms with Crippen molar-refractivity contribution in [2.75, 3.05) is 7.11 Å². The maximum Gasteiger partial charge on any atom is 0.116 e. The van der Waals surface area contributed by atoms with Crippen LogP contribution in [0.25, 0.3) is 0 Å². The van der Waals surface area contributed by atoms with Crippen LogP contribution in [0.15, 0.2) is 24.3 Å². The lowest BCUT2D eigenvalue weighted by molar-refractivity contribution is 0.00340. The molecule has 0 aromatic heterocycles. The molecule has 2 fully saturated rings. The first-order chi connectivity index (χ1) is 9.69. The van der Waals surface area contributed by atoms with E-state index in [1.165, 1.54) is 0 Å². The van der Waals surface area contributed by atoms with Gasteiger partial charge in [-0.1, -0.05) is 24.3 Å². The second kappa shape index (κ2) is 5.17. The molecule has 20 heavy (non-hydrogen) atoms. The number of rotatable bonds is 4. The fourth-order valence-corrected chi connectivity index (χ4v) is 3.47. The molecule has 0 radical (unpaired) electrons. The number of aliphatic hydroxyl groups excluding tert-OH is 1. The fraction of sp³-hybridized carbons (Fsp3) is 0.562. The molecule has 0 amide bonds. The number of aliphatic hydroxyl groups is 1. The Morgan fingerprint density at radius 1 is 1.45 bits per heavy atom. The van der Waals surface area contributed by atoms with Crippen molar-refractivity contribution in [2.45, 2.75) is 44.2 Å². The lowest BCUT2D eigenvalue weighted by Gasteiger charge is -2.33. The summed E-state index contributed by atoms with van der Waals surface area (Å²) in [6.07, 6.45) is 1.73. The smallest absolute Gasteiger partial charge is 0.116 e. The van der Waals surface area contributed by atoms with Gasteiger partial charge in [-0.3, -0.25) is 0 Å². The summed E-state index contributed by atoms with van der Waals surface area (Å²) in [5, 5.41) is 20.3. The SMILES string of the molecule is COCc1ccc(C(O)C2(C#N)CC3CCC2O3)cc1. The van der Waals surface area contributed by atoms with Gasteiger partial charge in [0.05, 0.1) is 24.9 Å². The molecule has 3 rings (SSSR count). The molecule has 2 saturated heterocycles. The predicted molar refractivity (Wildman–Crippen MR) is 72.7 cm³/mol. The van der Waals surface area contributed by atoms with E-state index < -0.39 is 11.5 Å². The number of nitrogens with zero attached hydrogens (tertiary/aromatic N) is 1. The summed E-state index contributed by atoms with van der Waals surface area (Å²) >= 11 is 0. The van der Waals surface area contributed by atoms with E-state index in [2.05, 4.69) is 6.07 Å². The minimum absolute atomic E-state index is 0.133. The molecule has 4 nitrogen and oxygen atoms in total. The Morgan fingerprint density at radius 2 is 2.20 bits per heavy atom. The van der Waals surface area contributed by atoms with Crippen LogP contribution in [0.2, 0.25) is 0 Å². The van der Waals surface area contributed by atoms with Crippen LogP contribution >= 0.6 is 0 Å². The highest BCUT2D eigenvalue weighted by Crippen LogP contribution is 2.53. The normalized spacial score (nSPS) is 33.0. The highest BCUT2D eigenvalue weighted by atomic mass is 16.5. The molecule has 1 aromatic carbocycles. The Hall–Kier alpha value is -1.41. The van der Waals surface area contributed by atoms with Crippen molar-refractivity contribution < 1.29 is 14.6 Å². The second-order valence-corrected chi connectivity index (χ2v) is 5.76. The maximum atomic E-state index is 10.7. The lowest BCUT2D eigenvalue weighted by Crippen LogP contribution is -2.37. The minimum atomic E-state index is -0.792. The molecule has 0 aliphatic carbocycles. The van der Waals surface area contributed by atoms with Gasteiger partial charge < -0.3 is 14.6 Å². The molecule has 1 N–H and O–H groups in total. The topological polar surface area (TPSA) is 62.5 Å². The van der Waals surface area contributed by atoms with Crippen molar-refractivity contribution in [2.24, 2.45) is 5.41 Å². The van der Waals surface area contributed by atoms with Crippen LogP contribution < -0.4 is 0 Å². The van der Waals surface area contributed by atoms with E-state index in [-0.39, 0.29) is 12.2 Å². The van der Waals surface area contributed by atoms with Gasteiger partial charge in [-0.15, -0.1) is 0 Å². The number of ether oxygens (including phenoxy) is 2. The zero-order chi connectivity index (χ0) is 14.2. The number of nitriles is 1. The Balaban J connectivity index is 1.84. The second-order valence-electron chi connectivity index (χ2n) is 5.76. The molecule has 4 unspecified atom stereocenters. The van der Waals surface area contributed by atoms with Gasteiger partial charge in [-0.2, -0.15) is 5.26 Å². The summed E-state index contributed by atoms with van der Waals surface area (Å²) < 4.78 is 10.9.